The van der Waals surface area contributed by atoms with Crippen molar-refractivity contribution in [2.75, 3.05) is 26.4 Å². The zero-order valence-corrected chi connectivity index (χ0v) is 19.2. The van der Waals surface area contributed by atoms with Crippen LogP contribution in [0.3, 0.4) is 0 Å². The predicted molar refractivity (Wildman–Crippen MR) is 122 cm³/mol. The molecule has 2 atom stereocenters. The smallest absolute Gasteiger partial charge is 0.351 e. The summed E-state index contributed by atoms with van der Waals surface area (Å²) >= 11 is 0. The highest BCUT2D eigenvalue weighted by Crippen LogP contribution is 2.31. The van der Waals surface area contributed by atoms with Gasteiger partial charge in [0.05, 0.1) is 38.2 Å². The average Bonchev–Trinajstić information content (AvgIpc) is 2.83. The van der Waals surface area contributed by atoms with Crippen molar-refractivity contribution in [3.05, 3.63) is 45.9 Å². The van der Waals surface area contributed by atoms with E-state index in [1.54, 1.807) is 4.57 Å². The Hall–Kier alpha value is -2.22. The molecule has 2 aliphatic rings. The Balaban J connectivity index is 1.47. The van der Waals surface area contributed by atoms with Gasteiger partial charge in [-0.15, -0.1) is 0 Å². The van der Waals surface area contributed by atoms with Gasteiger partial charge in [0.2, 0.25) is 5.88 Å². The summed E-state index contributed by atoms with van der Waals surface area (Å²) in [6.07, 6.45) is 5.53. The molecule has 0 N–H and O–H groups in total. The Morgan fingerprint density at radius 3 is 2.94 bits per heavy atom. The number of benzene rings is 1. The van der Waals surface area contributed by atoms with Gasteiger partial charge in [-0.25, -0.2) is 4.79 Å². The molecule has 1 fully saturated rings. The van der Waals surface area contributed by atoms with E-state index in [1.807, 2.05) is 6.07 Å². The molecule has 7 nitrogen and oxygen atoms in total. The van der Waals surface area contributed by atoms with E-state index in [0.717, 1.165) is 30.5 Å². The summed E-state index contributed by atoms with van der Waals surface area (Å²) in [4.78, 5) is 16.7. The minimum absolute atomic E-state index is 0.136. The number of unbranched alkanes of at least 4 members (excludes halogenated alkanes) is 1. The van der Waals surface area contributed by atoms with Gasteiger partial charge in [-0.3, -0.25) is 4.57 Å². The summed E-state index contributed by atoms with van der Waals surface area (Å²) in [6.45, 7) is 7.61. The maximum atomic E-state index is 12.6. The number of hydrogen-bond acceptors (Lipinski definition) is 6. The number of fused-ring (bicyclic) bond motifs is 3. The molecule has 2 aliphatic heterocycles. The van der Waals surface area contributed by atoms with Gasteiger partial charge >= 0.3 is 5.69 Å². The van der Waals surface area contributed by atoms with Gasteiger partial charge in [0.1, 0.15) is 12.7 Å². The average molecular weight is 443 g/mol. The number of rotatable bonds is 10. The van der Waals surface area contributed by atoms with Crippen molar-refractivity contribution >= 4 is 0 Å². The Labute approximate surface area is 189 Å². The summed E-state index contributed by atoms with van der Waals surface area (Å²) in [7, 11) is 0. The first-order chi connectivity index (χ1) is 15.7. The molecule has 1 aromatic carbocycles. The molecule has 0 amide bonds. The van der Waals surface area contributed by atoms with Gasteiger partial charge in [0.25, 0.3) is 0 Å². The van der Waals surface area contributed by atoms with Crippen molar-refractivity contribution in [1.82, 2.24) is 9.55 Å². The third kappa shape index (κ3) is 5.57. The van der Waals surface area contributed by atoms with Crippen molar-refractivity contribution in [2.45, 2.75) is 71.3 Å². The van der Waals surface area contributed by atoms with Crippen molar-refractivity contribution in [3.8, 4) is 17.1 Å². The monoisotopic (exact) mass is 442 g/mol. The number of aromatic nitrogens is 2. The first kappa shape index (κ1) is 23.0. The second-order valence-electron chi connectivity index (χ2n) is 8.52. The van der Waals surface area contributed by atoms with Gasteiger partial charge in [0.15, 0.2) is 0 Å². The second-order valence-corrected chi connectivity index (χ2v) is 8.52. The molecule has 7 heteroatoms. The molecule has 1 saturated heterocycles. The lowest BCUT2D eigenvalue weighted by Gasteiger charge is -2.24. The molecule has 3 heterocycles. The molecule has 0 aliphatic carbocycles. The molecule has 1 aromatic heterocycles. The second kappa shape index (κ2) is 11.1. The predicted octanol–water partition coefficient (Wildman–Crippen LogP) is 3.75. The summed E-state index contributed by atoms with van der Waals surface area (Å²) < 4.78 is 24.7. The van der Waals surface area contributed by atoms with Crippen molar-refractivity contribution < 1.29 is 18.9 Å². The lowest BCUT2D eigenvalue weighted by Crippen LogP contribution is -2.34. The van der Waals surface area contributed by atoms with Gasteiger partial charge in [0, 0.05) is 18.2 Å². The minimum Gasteiger partial charge on any atom is -0.475 e. The lowest BCUT2D eigenvalue weighted by atomic mass is 9.95. The third-order valence-electron chi connectivity index (χ3n) is 6.16. The third-order valence-corrected chi connectivity index (χ3v) is 6.16. The van der Waals surface area contributed by atoms with E-state index in [4.69, 9.17) is 18.9 Å². The number of ether oxygens (including phenoxy) is 4. The van der Waals surface area contributed by atoms with Crippen LogP contribution in [0.5, 0.6) is 5.88 Å². The molecule has 0 spiro atoms. The van der Waals surface area contributed by atoms with Crippen LogP contribution in [0.4, 0.5) is 0 Å². The van der Waals surface area contributed by atoms with E-state index in [9.17, 15) is 4.79 Å². The molecule has 0 saturated carbocycles. The molecule has 4 rings (SSSR count). The fraction of sp³-hybridized carbons (Fsp3) is 0.600. The van der Waals surface area contributed by atoms with Crippen molar-refractivity contribution in [2.24, 2.45) is 0 Å². The molecular weight excluding hydrogens is 408 g/mol. The molecule has 2 aromatic rings. The van der Waals surface area contributed by atoms with Crippen LogP contribution < -0.4 is 10.4 Å². The largest absolute Gasteiger partial charge is 0.475 e. The lowest BCUT2D eigenvalue weighted by molar-refractivity contribution is -0.102. The van der Waals surface area contributed by atoms with Gasteiger partial charge in [-0.2, -0.15) is 4.98 Å². The minimum atomic E-state index is -0.280. The highest BCUT2D eigenvalue weighted by molar-refractivity contribution is 5.67. The first-order valence-electron chi connectivity index (χ1n) is 11.9. The summed E-state index contributed by atoms with van der Waals surface area (Å²) in [5.41, 5.74) is 4.03. The van der Waals surface area contributed by atoms with Gasteiger partial charge < -0.3 is 18.9 Å². The van der Waals surface area contributed by atoms with E-state index in [2.05, 4.69) is 37.0 Å². The molecule has 32 heavy (non-hydrogen) atoms. The highest BCUT2D eigenvalue weighted by Gasteiger charge is 2.21. The Morgan fingerprint density at radius 1 is 1.25 bits per heavy atom. The van der Waals surface area contributed by atoms with E-state index in [1.165, 1.54) is 24.0 Å². The van der Waals surface area contributed by atoms with Crippen LogP contribution in [0, 0.1) is 0 Å². The Morgan fingerprint density at radius 2 is 2.16 bits per heavy atom. The Bertz CT molecular complexity index is 952. The van der Waals surface area contributed by atoms with Crippen molar-refractivity contribution in [1.29, 1.82) is 0 Å². The van der Waals surface area contributed by atoms with E-state index in [-0.39, 0.29) is 11.8 Å². The normalized spacial score (nSPS) is 18.6. The van der Waals surface area contributed by atoms with Gasteiger partial charge in [-0.05, 0) is 30.4 Å². The number of aryl methyl sites for hydroxylation is 1. The van der Waals surface area contributed by atoms with Gasteiger partial charge in [-0.1, -0.05) is 44.9 Å². The zero-order chi connectivity index (χ0) is 22.3. The SMILES string of the molecule is CCCCC(CC)OCc1ccc2c(c1)CCn1c-2cc(OCC2COCCO2)nc1=O. The molecular formula is C25H34N2O5. The quantitative estimate of drug-likeness (QED) is 0.558. The van der Waals surface area contributed by atoms with Crippen LogP contribution in [0.1, 0.15) is 50.7 Å². The topological polar surface area (TPSA) is 71.8 Å². The fourth-order valence-corrected chi connectivity index (χ4v) is 4.29. The van der Waals surface area contributed by atoms with Crippen LogP contribution in [0.2, 0.25) is 0 Å². The molecule has 0 bridgehead atoms. The number of hydrogen-bond donors (Lipinski definition) is 0. The summed E-state index contributed by atoms with van der Waals surface area (Å²) in [6, 6.07) is 8.26. The van der Waals surface area contributed by atoms with E-state index < -0.39 is 0 Å². The zero-order valence-electron chi connectivity index (χ0n) is 19.2. The standard InChI is InChI=1S/C25H34N2O5/c1-3-5-6-20(4-2)31-15-18-7-8-22-19(13-18)9-10-27-23(22)14-24(26-25(27)28)32-17-21-16-29-11-12-30-21/h7-8,13-14,20-21H,3-6,9-12,15-17H2,1-2H3. The maximum Gasteiger partial charge on any atom is 0.351 e. The molecule has 174 valence electrons. The van der Waals surface area contributed by atoms with E-state index >= 15 is 0 Å². The van der Waals surface area contributed by atoms with Crippen LogP contribution in [-0.4, -0.2) is 48.2 Å². The van der Waals surface area contributed by atoms with Crippen LogP contribution in [0.15, 0.2) is 29.1 Å². The number of nitrogens with zero attached hydrogens (tertiary/aromatic N) is 2. The van der Waals surface area contributed by atoms with Crippen LogP contribution in [-0.2, 0) is 33.8 Å². The van der Waals surface area contributed by atoms with Crippen molar-refractivity contribution in [3.63, 3.8) is 0 Å². The van der Waals surface area contributed by atoms with Crippen LogP contribution in [0.25, 0.3) is 11.3 Å². The first-order valence-corrected chi connectivity index (χ1v) is 11.9. The fourth-order valence-electron chi connectivity index (χ4n) is 4.29. The summed E-state index contributed by atoms with van der Waals surface area (Å²) in [5, 5.41) is 0. The molecule has 0 radical (unpaired) electrons. The maximum absolute atomic E-state index is 12.6. The molecule has 2 unspecified atom stereocenters. The Kier molecular flexibility index (Phi) is 7.95. The summed E-state index contributed by atoms with van der Waals surface area (Å²) in [5.74, 6) is 0.331. The van der Waals surface area contributed by atoms with Crippen LogP contribution >= 0.6 is 0 Å². The highest BCUT2D eigenvalue weighted by atomic mass is 16.6. The van der Waals surface area contributed by atoms with E-state index in [0.29, 0.717) is 51.6 Å².